The Morgan fingerprint density at radius 2 is 2.00 bits per heavy atom. The van der Waals surface area contributed by atoms with Gasteiger partial charge in [0.2, 0.25) is 0 Å². The van der Waals surface area contributed by atoms with Crippen LogP contribution in [0.4, 0.5) is 0 Å². The van der Waals surface area contributed by atoms with E-state index in [4.69, 9.17) is 6.42 Å². The first kappa shape index (κ1) is 8.52. The molecule has 1 nitrogen and oxygen atoms in total. The minimum Gasteiger partial charge on any atom is -0.256 e. The molecule has 0 fully saturated rings. The first-order valence-electron chi connectivity index (χ1n) is 4.38. The van der Waals surface area contributed by atoms with Crippen molar-refractivity contribution in [3.05, 3.63) is 54.2 Å². The summed E-state index contributed by atoms with van der Waals surface area (Å²) in [4.78, 5) is 4.26. The average Bonchev–Trinajstić information content (AvgIpc) is 2.30. The molecule has 1 aromatic heterocycles. The topological polar surface area (TPSA) is 12.9 Å². The van der Waals surface area contributed by atoms with E-state index in [2.05, 4.69) is 10.9 Å². The van der Waals surface area contributed by atoms with Crippen LogP contribution in [-0.2, 0) is 0 Å². The van der Waals surface area contributed by atoms with E-state index in [1.165, 1.54) is 0 Å². The Hall–Kier alpha value is -2.07. The summed E-state index contributed by atoms with van der Waals surface area (Å²) < 4.78 is 0. The fourth-order valence-corrected chi connectivity index (χ4v) is 1.30. The third-order valence-corrected chi connectivity index (χ3v) is 1.99. The van der Waals surface area contributed by atoms with Gasteiger partial charge < -0.3 is 0 Å². The smallest absolute Gasteiger partial charge is 0.0702 e. The molecule has 0 aliphatic carbocycles. The molecule has 0 spiro atoms. The number of hydrogen-bond donors (Lipinski definition) is 0. The van der Waals surface area contributed by atoms with Crippen LogP contribution in [0, 0.1) is 12.3 Å². The van der Waals surface area contributed by atoms with Gasteiger partial charge in [-0.3, -0.25) is 4.98 Å². The molecule has 0 N–H and O–H groups in total. The van der Waals surface area contributed by atoms with Gasteiger partial charge >= 0.3 is 0 Å². The Balaban J connectivity index is 2.49. The second kappa shape index (κ2) is 3.76. The van der Waals surface area contributed by atoms with E-state index in [-0.39, 0.29) is 0 Å². The molecule has 2 rings (SSSR count). The largest absolute Gasteiger partial charge is 0.256 e. The van der Waals surface area contributed by atoms with Gasteiger partial charge in [0.1, 0.15) is 0 Å². The Morgan fingerprint density at radius 1 is 1.07 bits per heavy atom. The summed E-state index contributed by atoms with van der Waals surface area (Å²) in [5.41, 5.74) is 2.89. The number of pyridine rings is 1. The van der Waals surface area contributed by atoms with Crippen LogP contribution >= 0.6 is 0 Å². The van der Waals surface area contributed by atoms with Crippen molar-refractivity contribution in [1.82, 2.24) is 4.98 Å². The van der Waals surface area contributed by atoms with Crippen molar-refractivity contribution in [2.45, 2.75) is 0 Å². The van der Waals surface area contributed by atoms with Crippen LogP contribution in [-0.4, -0.2) is 4.98 Å². The summed E-state index contributed by atoms with van der Waals surface area (Å²) in [7, 11) is 0. The van der Waals surface area contributed by atoms with Crippen LogP contribution < -0.4 is 0 Å². The quantitative estimate of drug-likeness (QED) is 0.613. The second-order valence-electron chi connectivity index (χ2n) is 2.94. The summed E-state index contributed by atoms with van der Waals surface area (Å²) in [5, 5.41) is 0. The maximum absolute atomic E-state index is 5.33. The lowest BCUT2D eigenvalue weighted by Crippen LogP contribution is -1.82. The zero-order valence-electron chi connectivity index (χ0n) is 7.64. The number of benzene rings is 1. The molecule has 0 amide bonds. The summed E-state index contributed by atoms with van der Waals surface area (Å²) in [6.07, 6.45) is 7.10. The highest BCUT2D eigenvalue weighted by Crippen LogP contribution is 2.16. The van der Waals surface area contributed by atoms with Crippen LogP contribution in [0.2, 0.25) is 0 Å². The molecule has 66 valence electrons. The fraction of sp³-hybridized carbons (Fsp3) is 0. The van der Waals surface area contributed by atoms with Crippen molar-refractivity contribution in [1.29, 1.82) is 0 Å². The highest BCUT2D eigenvalue weighted by Gasteiger charge is 1.97. The van der Waals surface area contributed by atoms with E-state index in [1.54, 1.807) is 6.20 Å². The van der Waals surface area contributed by atoms with Crippen LogP contribution in [0.25, 0.3) is 11.3 Å². The molecule has 0 atom stereocenters. The summed E-state index contributed by atoms with van der Waals surface area (Å²) >= 11 is 0. The second-order valence-corrected chi connectivity index (χ2v) is 2.94. The minimum atomic E-state index is 0.883. The van der Waals surface area contributed by atoms with Crippen molar-refractivity contribution >= 4 is 0 Å². The average molecular weight is 179 g/mol. The number of terminal acetylenes is 1. The van der Waals surface area contributed by atoms with Gasteiger partial charge in [-0.25, -0.2) is 0 Å². The van der Waals surface area contributed by atoms with Crippen LogP contribution in [0.15, 0.2) is 48.7 Å². The van der Waals surface area contributed by atoms with E-state index in [9.17, 15) is 0 Å². The first-order valence-corrected chi connectivity index (χ1v) is 4.38. The number of nitrogens with zero attached hydrogens (tertiary/aromatic N) is 1. The predicted molar refractivity (Wildman–Crippen MR) is 57.6 cm³/mol. The standard InChI is InChI=1S/C13H9N/c1-2-11-6-5-7-12(10-11)13-8-3-4-9-14-13/h1,3-10H. The Labute approximate surface area is 83.4 Å². The number of rotatable bonds is 1. The number of aromatic nitrogens is 1. The lowest BCUT2D eigenvalue weighted by molar-refractivity contribution is 1.32. The molecule has 1 heteroatoms. The molecular weight excluding hydrogens is 170 g/mol. The fourth-order valence-electron chi connectivity index (χ4n) is 1.30. The van der Waals surface area contributed by atoms with E-state index in [1.807, 2.05) is 42.5 Å². The Morgan fingerprint density at radius 3 is 2.71 bits per heavy atom. The zero-order chi connectivity index (χ0) is 9.80. The molecule has 0 aliphatic heterocycles. The molecule has 1 aromatic carbocycles. The molecule has 0 saturated carbocycles. The molecule has 0 unspecified atom stereocenters. The van der Waals surface area contributed by atoms with Gasteiger partial charge in [0, 0.05) is 17.3 Å². The molecule has 0 radical (unpaired) electrons. The third-order valence-electron chi connectivity index (χ3n) is 1.99. The van der Waals surface area contributed by atoms with Crippen molar-refractivity contribution in [3.8, 4) is 23.6 Å². The van der Waals surface area contributed by atoms with Crippen molar-refractivity contribution in [3.63, 3.8) is 0 Å². The first-order chi connectivity index (χ1) is 6.90. The molecule has 14 heavy (non-hydrogen) atoms. The van der Waals surface area contributed by atoms with Gasteiger partial charge in [0.05, 0.1) is 5.69 Å². The number of hydrogen-bond acceptors (Lipinski definition) is 1. The summed E-state index contributed by atoms with van der Waals surface area (Å²) in [5.74, 6) is 2.61. The van der Waals surface area contributed by atoms with Crippen molar-refractivity contribution in [2.24, 2.45) is 0 Å². The zero-order valence-corrected chi connectivity index (χ0v) is 7.64. The lowest BCUT2D eigenvalue weighted by atomic mass is 10.1. The van der Waals surface area contributed by atoms with E-state index < -0.39 is 0 Å². The highest BCUT2D eigenvalue weighted by atomic mass is 14.7. The van der Waals surface area contributed by atoms with Gasteiger partial charge in [-0.15, -0.1) is 6.42 Å². The molecule has 0 saturated heterocycles. The van der Waals surface area contributed by atoms with Gasteiger partial charge in [0.15, 0.2) is 0 Å². The van der Waals surface area contributed by atoms with Crippen molar-refractivity contribution in [2.75, 3.05) is 0 Å². The van der Waals surface area contributed by atoms with Crippen LogP contribution in [0.5, 0.6) is 0 Å². The van der Waals surface area contributed by atoms with E-state index in [0.29, 0.717) is 0 Å². The summed E-state index contributed by atoms with van der Waals surface area (Å²) in [6.45, 7) is 0. The summed E-state index contributed by atoms with van der Waals surface area (Å²) in [6, 6.07) is 13.6. The highest BCUT2D eigenvalue weighted by molar-refractivity contribution is 5.61. The van der Waals surface area contributed by atoms with E-state index >= 15 is 0 Å². The van der Waals surface area contributed by atoms with Crippen molar-refractivity contribution < 1.29 is 0 Å². The molecule has 0 bridgehead atoms. The third kappa shape index (κ3) is 1.65. The van der Waals surface area contributed by atoms with Gasteiger partial charge in [-0.2, -0.15) is 0 Å². The molecular formula is C13H9N. The van der Waals surface area contributed by atoms with Crippen LogP contribution in [0.3, 0.4) is 0 Å². The van der Waals surface area contributed by atoms with Gasteiger partial charge in [-0.1, -0.05) is 24.1 Å². The van der Waals surface area contributed by atoms with E-state index in [0.717, 1.165) is 16.8 Å². The molecule has 2 aromatic rings. The SMILES string of the molecule is C#Cc1cccc(-c2ccccn2)c1. The van der Waals surface area contributed by atoms with Crippen LogP contribution in [0.1, 0.15) is 5.56 Å². The maximum atomic E-state index is 5.33. The molecule has 0 aliphatic rings. The molecule has 1 heterocycles. The maximum Gasteiger partial charge on any atom is 0.0702 e. The van der Waals surface area contributed by atoms with Gasteiger partial charge in [0.25, 0.3) is 0 Å². The van der Waals surface area contributed by atoms with Gasteiger partial charge in [-0.05, 0) is 24.3 Å². The Bertz CT molecular complexity index is 466. The lowest BCUT2D eigenvalue weighted by Gasteiger charge is -1.99. The normalized spacial score (nSPS) is 9.36. The Kier molecular flexibility index (Phi) is 2.29. The minimum absolute atomic E-state index is 0.883. The monoisotopic (exact) mass is 179 g/mol. The predicted octanol–water partition coefficient (Wildman–Crippen LogP) is 2.73.